The van der Waals surface area contributed by atoms with Crippen molar-refractivity contribution in [1.82, 2.24) is 15.0 Å². The van der Waals surface area contributed by atoms with Gasteiger partial charge in [0.25, 0.3) is 0 Å². The first-order valence-corrected chi connectivity index (χ1v) is 7.45. The highest BCUT2D eigenvalue weighted by atomic mass is 15.1. The third-order valence-corrected chi connectivity index (χ3v) is 3.27. The molecule has 2 N–H and O–H groups in total. The molecule has 4 nitrogen and oxygen atoms in total. The molecule has 0 saturated carbocycles. The molecule has 4 rings (SSSR count). The van der Waals surface area contributed by atoms with Gasteiger partial charge in [-0.3, -0.25) is 4.98 Å². The molecule has 2 heterocycles. The normalized spacial score (nSPS) is 9.96. The van der Waals surface area contributed by atoms with E-state index in [1.54, 1.807) is 6.20 Å². The van der Waals surface area contributed by atoms with E-state index in [1.165, 1.54) is 5.39 Å². The lowest BCUT2D eigenvalue weighted by Crippen LogP contribution is -1.89. The number of nitrogens with one attached hydrogen (secondary N) is 2. The number of nitrogens with zero attached hydrogens (tertiary/aromatic N) is 2. The summed E-state index contributed by atoms with van der Waals surface area (Å²) in [6.45, 7) is 1.93. The first-order valence-electron chi connectivity index (χ1n) is 7.45. The van der Waals surface area contributed by atoms with E-state index in [4.69, 9.17) is 0 Å². The zero-order valence-corrected chi connectivity index (χ0v) is 12.9. The highest BCUT2D eigenvalue weighted by Crippen LogP contribution is 2.12. The number of para-hydroxylation sites is 2. The van der Waals surface area contributed by atoms with E-state index in [9.17, 15) is 0 Å². The second-order valence-corrected chi connectivity index (χ2v) is 5.07. The first-order chi connectivity index (χ1) is 11.3. The van der Waals surface area contributed by atoms with Crippen LogP contribution < -0.4 is 5.32 Å². The number of hydrogen-bond acceptors (Lipinski definition) is 3. The van der Waals surface area contributed by atoms with Crippen molar-refractivity contribution in [1.29, 1.82) is 0 Å². The van der Waals surface area contributed by atoms with Crippen molar-refractivity contribution in [2.24, 2.45) is 0 Å². The number of pyridine rings is 1. The minimum absolute atomic E-state index is 0.915. The molecular weight excluding hydrogens is 284 g/mol. The minimum atomic E-state index is 0.915. The molecule has 0 spiro atoms. The van der Waals surface area contributed by atoms with Crippen molar-refractivity contribution in [2.75, 3.05) is 5.32 Å². The van der Waals surface area contributed by atoms with Crippen molar-refractivity contribution >= 4 is 22.4 Å². The van der Waals surface area contributed by atoms with Crippen molar-refractivity contribution < 1.29 is 0 Å². The van der Waals surface area contributed by atoms with E-state index in [2.05, 4.69) is 32.4 Å². The lowest BCUT2D eigenvalue weighted by molar-refractivity contribution is 1.15. The minimum Gasteiger partial charge on any atom is -0.340 e. The Labute approximate surface area is 135 Å². The largest absolute Gasteiger partial charge is 0.340 e. The molecule has 4 aromatic rings. The van der Waals surface area contributed by atoms with Crippen LogP contribution in [0.2, 0.25) is 0 Å². The molecule has 2 aromatic heterocycles. The van der Waals surface area contributed by atoms with Crippen LogP contribution in [0.4, 0.5) is 11.5 Å². The van der Waals surface area contributed by atoms with Gasteiger partial charge in [-0.25, -0.2) is 4.98 Å². The molecule has 114 valence electrons. The van der Waals surface area contributed by atoms with Crippen LogP contribution in [0.15, 0.2) is 79.1 Å². The molecule has 0 atom stereocenters. The second-order valence-electron chi connectivity index (χ2n) is 5.07. The summed E-state index contributed by atoms with van der Waals surface area (Å²) in [7, 11) is 0. The van der Waals surface area contributed by atoms with Gasteiger partial charge in [-0.2, -0.15) is 0 Å². The molecule has 0 aliphatic carbocycles. The number of H-pyrrole nitrogens is 1. The second kappa shape index (κ2) is 7.22. The smallest absolute Gasteiger partial charge is 0.127 e. The standard InChI is InChI=1S/C10H11N3.C9H7N/c1-8-11-7-10(12-8)13-9-5-3-2-4-6-9;1-2-6-9-8(4-1)5-3-7-10-9/h2-7,13H,1H3,(H,11,12);1-7H. The Kier molecular flexibility index (Phi) is 4.64. The number of aromatic nitrogens is 3. The van der Waals surface area contributed by atoms with Gasteiger partial charge in [0.1, 0.15) is 11.6 Å². The SMILES string of the molecule is Cc1ncc(Nc2ccccc2)[nH]1.c1ccc2ncccc2c1. The number of rotatable bonds is 2. The van der Waals surface area contributed by atoms with Gasteiger partial charge in [-0.15, -0.1) is 0 Å². The number of imidazole rings is 1. The molecule has 0 aliphatic heterocycles. The van der Waals surface area contributed by atoms with E-state index in [-0.39, 0.29) is 0 Å². The Balaban J connectivity index is 0.000000140. The summed E-state index contributed by atoms with van der Waals surface area (Å²) in [5.74, 6) is 1.84. The van der Waals surface area contributed by atoms with Crippen molar-refractivity contribution in [3.05, 3.63) is 84.9 Å². The summed E-state index contributed by atoms with van der Waals surface area (Å²) in [4.78, 5) is 11.4. The number of fused-ring (bicyclic) bond motifs is 1. The molecule has 0 saturated heterocycles. The lowest BCUT2D eigenvalue weighted by Gasteiger charge is -2.01. The van der Waals surface area contributed by atoms with Gasteiger partial charge in [-0.1, -0.05) is 42.5 Å². The lowest BCUT2D eigenvalue weighted by atomic mass is 10.2. The summed E-state index contributed by atoms with van der Waals surface area (Å²) < 4.78 is 0. The summed E-state index contributed by atoms with van der Waals surface area (Å²) in [5.41, 5.74) is 2.12. The molecular formula is C19H18N4. The average Bonchev–Trinajstić information content (AvgIpc) is 3.01. The first kappa shape index (κ1) is 14.8. The summed E-state index contributed by atoms with van der Waals surface area (Å²) in [6, 6.07) is 22.1. The van der Waals surface area contributed by atoms with Crippen LogP contribution in [0, 0.1) is 6.92 Å². The van der Waals surface area contributed by atoms with Crippen LogP contribution in [-0.2, 0) is 0 Å². The summed E-state index contributed by atoms with van der Waals surface area (Å²) in [5, 5.41) is 4.41. The van der Waals surface area contributed by atoms with E-state index in [0.29, 0.717) is 0 Å². The van der Waals surface area contributed by atoms with Crippen LogP contribution >= 0.6 is 0 Å². The number of aromatic amines is 1. The van der Waals surface area contributed by atoms with Crippen molar-refractivity contribution in [3.63, 3.8) is 0 Å². The molecule has 4 heteroatoms. The predicted octanol–water partition coefficient (Wildman–Crippen LogP) is 4.70. The molecule has 2 aromatic carbocycles. The van der Waals surface area contributed by atoms with Gasteiger partial charge in [0.05, 0.1) is 11.7 Å². The average molecular weight is 302 g/mol. The molecule has 0 unspecified atom stereocenters. The number of hydrogen-bond donors (Lipinski definition) is 2. The number of anilines is 2. The van der Waals surface area contributed by atoms with Gasteiger partial charge >= 0.3 is 0 Å². The molecule has 0 fully saturated rings. The molecule has 0 bridgehead atoms. The fourth-order valence-electron chi connectivity index (χ4n) is 2.18. The fourth-order valence-corrected chi connectivity index (χ4v) is 2.18. The topological polar surface area (TPSA) is 53.6 Å². The van der Waals surface area contributed by atoms with Crippen molar-refractivity contribution in [2.45, 2.75) is 6.92 Å². The van der Waals surface area contributed by atoms with Gasteiger partial charge in [0.15, 0.2) is 0 Å². The van der Waals surface area contributed by atoms with Crippen LogP contribution in [-0.4, -0.2) is 15.0 Å². The monoisotopic (exact) mass is 302 g/mol. The zero-order valence-electron chi connectivity index (χ0n) is 12.9. The number of aryl methyl sites for hydroxylation is 1. The Morgan fingerprint density at radius 2 is 1.57 bits per heavy atom. The maximum Gasteiger partial charge on any atom is 0.127 e. The molecule has 0 aliphatic rings. The quantitative estimate of drug-likeness (QED) is 0.564. The zero-order chi connectivity index (χ0) is 15.9. The van der Waals surface area contributed by atoms with Gasteiger partial charge in [-0.05, 0) is 31.2 Å². The van der Waals surface area contributed by atoms with Crippen LogP contribution in [0.5, 0.6) is 0 Å². The highest BCUT2D eigenvalue weighted by Gasteiger charge is 1.95. The fraction of sp³-hybridized carbons (Fsp3) is 0.0526. The van der Waals surface area contributed by atoms with E-state index in [1.807, 2.05) is 67.7 Å². The van der Waals surface area contributed by atoms with E-state index < -0.39 is 0 Å². The van der Waals surface area contributed by atoms with Crippen LogP contribution in [0.25, 0.3) is 10.9 Å². The maximum atomic E-state index is 4.18. The van der Waals surface area contributed by atoms with Gasteiger partial charge in [0, 0.05) is 17.3 Å². The highest BCUT2D eigenvalue weighted by molar-refractivity contribution is 5.77. The van der Waals surface area contributed by atoms with Gasteiger partial charge in [0.2, 0.25) is 0 Å². The van der Waals surface area contributed by atoms with E-state index in [0.717, 1.165) is 22.8 Å². The third-order valence-electron chi connectivity index (χ3n) is 3.27. The molecule has 0 radical (unpaired) electrons. The molecule has 23 heavy (non-hydrogen) atoms. The summed E-state index contributed by atoms with van der Waals surface area (Å²) >= 11 is 0. The predicted molar refractivity (Wildman–Crippen MR) is 94.8 cm³/mol. The Morgan fingerprint density at radius 1 is 0.826 bits per heavy atom. The van der Waals surface area contributed by atoms with Crippen LogP contribution in [0.1, 0.15) is 5.82 Å². The number of benzene rings is 2. The maximum absolute atomic E-state index is 4.18. The Morgan fingerprint density at radius 3 is 2.30 bits per heavy atom. The van der Waals surface area contributed by atoms with Gasteiger partial charge < -0.3 is 10.3 Å². The Hall–Kier alpha value is -3.14. The molecule has 0 amide bonds. The van der Waals surface area contributed by atoms with E-state index >= 15 is 0 Å². The van der Waals surface area contributed by atoms with Crippen molar-refractivity contribution in [3.8, 4) is 0 Å². The summed E-state index contributed by atoms with van der Waals surface area (Å²) in [6.07, 6.45) is 3.59. The third kappa shape index (κ3) is 4.17. The Bertz CT molecular complexity index is 803. The van der Waals surface area contributed by atoms with Crippen LogP contribution in [0.3, 0.4) is 0 Å².